The molecule has 86 valence electrons. The van der Waals surface area contributed by atoms with E-state index >= 15 is 0 Å². The molecule has 0 aliphatic heterocycles. The average Bonchev–Trinajstić information content (AvgIpc) is 2.47. The lowest BCUT2D eigenvalue weighted by atomic mass is 10.2. The second kappa shape index (κ2) is 5.53. The van der Waals surface area contributed by atoms with E-state index in [2.05, 4.69) is 23.7 Å². The number of nitrogens with zero attached hydrogens (tertiary/aromatic N) is 2. The Hall–Kier alpha value is -0.530. The van der Waals surface area contributed by atoms with Crippen LogP contribution in [0.15, 0.2) is 0 Å². The maximum absolute atomic E-state index is 8.35. The van der Waals surface area contributed by atoms with E-state index in [0.29, 0.717) is 12.3 Å². The minimum atomic E-state index is -0.264. The first-order valence-electron chi connectivity index (χ1n) is 4.77. The third-order valence-corrected chi connectivity index (χ3v) is 3.46. The maximum atomic E-state index is 8.35. The number of thiazole rings is 1. The van der Waals surface area contributed by atoms with Crippen molar-refractivity contribution in [1.82, 2.24) is 10.4 Å². The lowest BCUT2D eigenvalue weighted by Crippen LogP contribution is -2.16. The van der Waals surface area contributed by atoms with E-state index in [0.717, 1.165) is 15.6 Å². The molecule has 6 heteroatoms. The minimum Gasteiger partial charge on any atom is -0.266 e. The fourth-order valence-corrected chi connectivity index (χ4v) is 2.20. The first-order chi connectivity index (χ1) is 7.00. The molecule has 0 amide bonds. The van der Waals surface area contributed by atoms with Crippen LogP contribution in [0.5, 0.6) is 0 Å². The Kier molecular flexibility index (Phi) is 4.62. The van der Waals surface area contributed by atoms with Crippen LogP contribution in [-0.2, 0) is 11.3 Å². The quantitative estimate of drug-likeness (QED) is 0.761. The zero-order chi connectivity index (χ0) is 11.4. The molecule has 0 aliphatic carbocycles. The van der Waals surface area contributed by atoms with Gasteiger partial charge in [0, 0.05) is 17.2 Å². The van der Waals surface area contributed by atoms with Crippen molar-refractivity contribution in [2.24, 2.45) is 0 Å². The molecule has 0 aromatic carbocycles. The van der Waals surface area contributed by atoms with E-state index in [4.69, 9.17) is 10.4 Å². The number of aromatic nitrogens is 1. The molecular formula is C9H16N2O3S. The predicted octanol–water partition coefficient (Wildman–Crippen LogP) is 2.13. The van der Waals surface area contributed by atoms with E-state index in [-0.39, 0.29) is 12.0 Å². The van der Waals surface area contributed by atoms with Gasteiger partial charge in [0.15, 0.2) is 0 Å². The summed E-state index contributed by atoms with van der Waals surface area (Å²) in [6.45, 7) is 6.38. The van der Waals surface area contributed by atoms with Crippen molar-refractivity contribution in [2.45, 2.75) is 33.1 Å². The summed E-state index contributed by atoms with van der Waals surface area (Å²) in [5, 5.41) is 17.5. The normalized spacial score (nSPS) is 11.7. The van der Waals surface area contributed by atoms with Crippen molar-refractivity contribution in [3.05, 3.63) is 15.6 Å². The van der Waals surface area contributed by atoms with Gasteiger partial charge < -0.3 is 0 Å². The van der Waals surface area contributed by atoms with Crippen LogP contribution in [0.1, 0.15) is 35.3 Å². The van der Waals surface area contributed by atoms with Gasteiger partial charge >= 0.3 is 0 Å². The van der Waals surface area contributed by atoms with Crippen LogP contribution >= 0.6 is 11.3 Å². The molecule has 0 unspecified atom stereocenters. The van der Waals surface area contributed by atoms with Gasteiger partial charge in [-0.05, 0) is 6.92 Å². The van der Waals surface area contributed by atoms with Crippen molar-refractivity contribution in [3.8, 4) is 0 Å². The van der Waals surface area contributed by atoms with Gasteiger partial charge in [0.05, 0.1) is 22.7 Å². The van der Waals surface area contributed by atoms with E-state index < -0.39 is 0 Å². The molecule has 0 bridgehead atoms. The molecule has 0 fully saturated rings. The van der Waals surface area contributed by atoms with Crippen molar-refractivity contribution >= 4 is 11.3 Å². The fraction of sp³-hybridized carbons (Fsp3) is 0.667. The van der Waals surface area contributed by atoms with E-state index in [1.165, 1.54) is 0 Å². The van der Waals surface area contributed by atoms with Crippen LogP contribution in [0.4, 0.5) is 0 Å². The van der Waals surface area contributed by atoms with Crippen LogP contribution in [0.2, 0.25) is 0 Å². The van der Waals surface area contributed by atoms with Gasteiger partial charge in [0.1, 0.15) is 0 Å². The number of hydrogen-bond acceptors (Lipinski definition) is 6. The molecule has 2 N–H and O–H groups in total. The lowest BCUT2D eigenvalue weighted by Gasteiger charge is -2.04. The summed E-state index contributed by atoms with van der Waals surface area (Å²) in [5.41, 5.74) is 0.995. The van der Waals surface area contributed by atoms with Gasteiger partial charge in [0.2, 0.25) is 0 Å². The first-order valence-corrected chi connectivity index (χ1v) is 5.59. The van der Waals surface area contributed by atoms with E-state index in [1.54, 1.807) is 11.3 Å². The Balaban J connectivity index is 2.53. The van der Waals surface area contributed by atoms with Crippen LogP contribution in [0, 0.1) is 6.92 Å². The molecule has 1 aromatic rings. The molecule has 0 saturated heterocycles. The molecule has 15 heavy (non-hydrogen) atoms. The lowest BCUT2D eigenvalue weighted by molar-refractivity contribution is -0.492. The van der Waals surface area contributed by atoms with Crippen LogP contribution in [0.3, 0.4) is 0 Å². The molecule has 0 saturated carbocycles. The molecule has 5 nitrogen and oxygen atoms in total. The number of hydrogen-bond donors (Lipinski definition) is 2. The molecule has 0 atom stereocenters. The summed E-state index contributed by atoms with van der Waals surface area (Å²) < 4.78 is 0. The molecule has 0 aliphatic rings. The molecule has 0 radical (unpaired) electrons. The third kappa shape index (κ3) is 3.84. The zero-order valence-corrected chi connectivity index (χ0v) is 9.91. The Labute approximate surface area is 92.8 Å². The number of aryl methyl sites for hydroxylation is 1. The fourth-order valence-electron chi connectivity index (χ4n) is 1.15. The van der Waals surface area contributed by atoms with Crippen molar-refractivity contribution in [1.29, 1.82) is 0 Å². The van der Waals surface area contributed by atoms with Gasteiger partial charge in [-0.3, -0.25) is 15.3 Å². The van der Waals surface area contributed by atoms with Gasteiger partial charge in [-0.25, -0.2) is 4.98 Å². The minimum absolute atomic E-state index is 0.230. The van der Waals surface area contributed by atoms with Crippen LogP contribution in [-0.4, -0.2) is 27.4 Å². The average molecular weight is 232 g/mol. The highest BCUT2D eigenvalue weighted by Crippen LogP contribution is 2.24. The summed E-state index contributed by atoms with van der Waals surface area (Å²) in [7, 11) is 0. The first kappa shape index (κ1) is 12.5. The highest BCUT2D eigenvalue weighted by molar-refractivity contribution is 7.11. The Morgan fingerprint density at radius 1 is 1.47 bits per heavy atom. The number of rotatable bonds is 5. The van der Waals surface area contributed by atoms with E-state index in [1.807, 2.05) is 6.92 Å². The van der Waals surface area contributed by atoms with Crippen molar-refractivity contribution in [3.63, 3.8) is 0 Å². The smallest absolute Gasteiger partial charge is 0.0956 e. The second-order valence-corrected chi connectivity index (χ2v) is 4.67. The van der Waals surface area contributed by atoms with Gasteiger partial charge in [0.25, 0.3) is 0 Å². The van der Waals surface area contributed by atoms with Crippen molar-refractivity contribution < 1.29 is 15.3 Å². The second-order valence-electron chi connectivity index (χ2n) is 3.55. The van der Waals surface area contributed by atoms with Gasteiger partial charge in [-0.15, -0.1) is 11.3 Å². The Morgan fingerprint density at radius 2 is 2.13 bits per heavy atom. The third-order valence-electron chi connectivity index (χ3n) is 1.94. The topological polar surface area (TPSA) is 65.8 Å². The summed E-state index contributed by atoms with van der Waals surface area (Å²) in [6, 6.07) is 0. The summed E-state index contributed by atoms with van der Waals surface area (Å²) >= 11 is 1.65. The van der Waals surface area contributed by atoms with Gasteiger partial charge in [-0.2, -0.15) is 0 Å². The summed E-state index contributed by atoms with van der Waals surface area (Å²) in [6.07, 6.45) is 0.633. The molecule has 0 spiro atoms. The SMILES string of the molecule is Cc1nc(C(C)C)sc1CCON(O)O. The highest BCUT2D eigenvalue weighted by atomic mass is 32.1. The molecule has 1 heterocycles. The predicted molar refractivity (Wildman–Crippen MR) is 56.0 cm³/mol. The molecule has 1 rings (SSSR count). The summed E-state index contributed by atoms with van der Waals surface area (Å²) in [4.78, 5) is 10.1. The van der Waals surface area contributed by atoms with Gasteiger partial charge in [-0.1, -0.05) is 13.8 Å². The van der Waals surface area contributed by atoms with Crippen molar-refractivity contribution in [2.75, 3.05) is 6.61 Å². The molecule has 1 aromatic heterocycles. The summed E-state index contributed by atoms with van der Waals surface area (Å²) in [5.74, 6) is 0.426. The standard InChI is InChI=1S/C9H16N2O3S/c1-6(2)9-10-7(3)8(15-9)4-5-14-11(12)13/h6,12-13H,4-5H2,1-3H3. The largest absolute Gasteiger partial charge is 0.266 e. The maximum Gasteiger partial charge on any atom is 0.0956 e. The Bertz CT molecular complexity index is 312. The van der Waals surface area contributed by atoms with Crippen LogP contribution < -0.4 is 0 Å². The molecular weight excluding hydrogens is 216 g/mol. The highest BCUT2D eigenvalue weighted by Gasteiger charge is 2.10. The zero-order valence-electron chi connectivity index (χ0n) is 9.10. The van der Waals surface area contributed by atoms with Crippen LogP contribution in [0.25, 0.3) is 0 Å². The van der Waals surface area contributed by atoms with E-state index in [9.17, 15) is 0 Å². The Morgan fingerprint density at radius 3 is 2.60 bits per heavy atom. The monoisotopic (exact) mass is 232 g/mol.